The van der Waals surface area contributed by atoms with Crippen molar-refractivity contribution >= 4 is 0 Å². The summed E-state index contributed by atoms with van der Waals surface area (Å²) in [4.78, 5) is 0. The molecule has 0 saturated carbocycles. The molecular weight excluding hydrogens is 258 g/mol. The second kappa shape index (κ2) is 7.84. The molecule has 1 atom stereocenters. The van der Waals surface area contributed by atoms with E-state index < -0.39 is 0 Å². The average molecular weight is 283 g/mol. The molecule has 2 aromatic rings. The molecule has 112 valence electrons. The van der Waals surface area contributed by atoms with Crippen molar-refractivity contribution in [2.24, 2.45) is 0 Å². The van der Waals surface area contributed by atoms with E-state index in [1.54, 1.807) is 0 Å². The highest BCUT2D eigenvalue weighted by atomic mass is 16.5. The van der Waals surface area contributed by atoms with Crippen LogP contribution in [-0.2, 0) is 12.8 Å². The fourth-order valence-electron chi connectivity index (χ4n) is 2.44. The van der Waals surface area contributed by atoms with Gasteiger partial charge < -0.3 is 10.1 Å². The number of benzene rings is 2. The minimum Gasteiger partial charge on any atom is -0.491 e. The smallest absolute Gasteiger partial charge is 0.122 e. The first-order valence-corrected chi connectivity index (χ1v) is 7.75. The normalized spacial score (nSPS) is 12.1. The zero-order chi connectivity index (χ0) is 15.1. The Morgan fingerprint density at radius 2 is 1.67 bits per heavy atom. The Labute approximate surface area is 128 Å². The zero-order valence-corrected chi connectivity index (χ0v) is 13.2. The summed E-state index contributed by atoms with van der Waals surface area (Å²) < 4.78 is 6.03. The highest BCUT2D eigenvalue weighted by molar-refractivity contribution is 5.33. The maximum Gasteiger partial charge on any atom is 0.122 e. The summed E-state index contributed by atoms with van der Waals surface area (Å²) >= 11 is 0. The molecule has 1 unspecified atom stereocenters. The maximum atomic E-state index is 6.03. The zero-order valence-electron chi connectivity index (χ0n) is 13.2. The molecule has 0 aromatic heterocycles. The molecule has 0 amide bonds. The molecule has 21 heavy (non-hydrogen) atoms. The fourth-order valence-corrected chi connectivity index (χ4v) is 2.44. The van der Waals surface area contributed by atoms with E-state index in [2.05, 4.69) is 55.6 Å². The molecule has 0 aliphatic heterocycles. The van der Waals surface area contributed by atoms with Crippen molar-refractivity contribution in [2.45, 2.75) is 32.7 Å². The lowest BCUT2D eigenvalue weighted by Gasteiger charge is -2.19. The van der Waals surface area contributed by atoms with Crippen LogP contribution in [0.3, 0.4) is 0 Å². The van der Waals surface area contributed by atoms with E-state index in [9.17, 15) is 0 Å². The number of nitrogens with one attached hydrogen (secondary N) is 1. The summed E-state index contributed by atoms with van der Waals surface area (Å²) in [6.45, 7) is 4.97. The van der Waals surface area contributed by atoms with Gasteiger partial charge in [0.05, 0.1) is 6.04 Å². The summed E-state index contributed by atoms with van der Waals surface area (Å²) in [5.41, 5.74) is 3.89. The number of aryl methyl sites for hydroxylation is 2. The van der Waals surface area contributed by atoms with Gasteiger partial charge in [0.25, 0.3) is 0 Å². The SMILES string of the molecule is CCc1ccc(C(COc2ccccc2CC)NC)cc1. The Balaban J connectivity index is 2.04. The first-order valence-electron chi connectivity index (χ1n) is 7.75. The van der Waals surface area contributed by atoms with Gasteiger partial charge in [-0.1, -0.05) is 56.3 Å². The average Bonchev–Trinajstić information content (AvgIpc) is 2.56. The molecule has 2 rings (SSSR count). The van der Waals surface area contributed by atoms with Gasteiger partial charge in [0, 0.05) is 0 Å². The van der Waals surface area contributed by atoms with E-state index in [0.29, 0.717) is 6.61 Å². The third-order valence-electron chi connectivity index (χ3n) is 3.90. The molecule has 0 fully saturated rings. The molecule has 2 heteroatoms. The summed E-state index contributed by atoms with van der Waals surface area (Å²) in [5, 5.41) is 3.34. The summed E-state index contributed by atoms with van der Waals surface area (Å²) in [6, 6.07) is 17.2. The predicted molar refractivity (Wildman–Crippen MR) is 88.9 cm³/mol. The maximum absolute atomic E-state index is 6.03. The lowest BCUT2D eigenvalue weighted by molar-refractivity contribution is 0.271. The van der Waals surface area contributed by atoms with Gasteiger partial charge in [-0.25, -0.2) is 0 Å². The van der Waals surface area contributed by atoms with Crippen LogP contribution in [0.4, 0.5) is 0 Å². The number of rotatable bonds is 7. The molecule has 0 bridgehead atoms. The minimum atomic E-state index is 0.209. The molecule has 0 spiro atoms. The highest BCUT2D eigenvalue weighted by Crippen LogP contribution is 2.21. The van der Waals surface area contributed by atoms with Crippen molar-refractivity contribution in [1.82, 2.24) is 5.32 Å². The fraction of sp³-hybridized carbons (Fsp3) is 0.368. The molecule has 0 aliphatic rings. The Bertz CT molecular complexity index is 548. The quantitative estimate of drug-likeness (QED) is 0.824. The molecule has 0 aliphatic carbocycles. The van der Waals surface area contributed by atoms with E-state index >= 15 is 0 Å². The van der Waals surface area contributed by atoms with Crippen LogP contribution >= 0.6 is 0 Å². The Kier molecular flexibility index (Phi) is 5.82. The van der Waals surface area contributed by atoms with Gasteiger partial charge in [-0.2, -0.15) is 0 Å². The van der Waals surface area contributed by atoms with Crippen molar-refractivity contribution in [3.05, 3.63) is 65.2 Å². The van der Waals surface area contributed by atoms with Crippen LogP contribution in [0.1, 0.15) is 36.6 Å². The van der Waals surface area contributed by atoms with Crippen LogP contribution < -0.4 is 10.1 Å². The first-order chi connectivity index (χ1) is 10.3. The molecule has 0 saturated heterocycles. The first kappa shape index (κ1) is 15.6. The third-order valence-corrected chi connectivity index (χ3v) is 3.90. The summed E-state index contributed by atoms with van der Waals surface area (Å²) in [6.07, 6.45) is 2.07. The van der Waals surface area contributed by atoms with E-state index in [0.717, 1.165) is 18.6 Å². The standard InChI is InChI=1S/C19H25NO/c1-4-15-10-12-17(13-11-15)18(20-3)14-21-19-9-7-6-8-16(19)5-2/h6-13,18,20H,4-5,14H2,1-3H3. The van der Waals surface area contributed by atoms with E-state index in [1.165, 1.54) is 16.7 Å². The van der Waals surface area contributed by atoms with Crippen molar-refractivity contribution in [3.63, 3.8) is 0 Å². The molecule has 1 N–H and O–H groups in total. The predicted octanol–water partition coefficient (Wildman–Crippen LogP) is 4.15. The van der Waals surface area contributed by atoms with Crippen LogP contribution in [0.5, 0.6) is 5.75 Å². The summed E-state index contributed by atoms with van der Waals surface area (Å²) in [5.74, 6) is 0.991. The van der Waals surface area contributed by atoms with Crippen molar-refractivity contribution in [2.75, 3.05) is 13.7 Å². The van der Waals surface area contributed by atoms with E-state index in [4.69, 9.17) is 4.74 Å². The number of ether oxygens (including phenoxy) is 1. The largest absolute Gasteiger partial charge is 0.491 e. The molecule has 2 nitrogen and oxygen atoms in total. The Morgan fingerprint density at radius 1 is 0.952 bits per heavy atom. The van der Waals surface area contributed by atoms with E-state index in [1.807, 2.05) is 19.2 Å². The van der Waals surface area contributed by atoms with Crippen molar-refractivity contribution < 1.29 is 4.74 Å². The van der Waals surface area contributed by atoms with Gasteiger partial charge in [-0.05, 0) is 42.6 Å². The van der Waals surface area contributed by atoms with Gasteiger partial charge in [-0.3, -0.25) is 0 Å². The lowest BCUT2D eigenvalue weighted by Crippen LogP contribution is -2.23. The van der Waals surface area contributed by atoms with Crippen LogP contribution in [0.15, 0.2) is 48.5 Å². The third kappa shape index (κ3) is 4.08. The summed E-state index contributed by atoms with van der Waals surface area (Å²) in [7, 11) is 1.98. The Hall–Kier alpha value is -1.80. The second-order valence-corrected chi connectivity index (χ2v) is 5.21. The van der Waals surface area contributed by atoms with Gasteiger partial charge in [0.2, 0.25) is 0 Å². The van der Waals surface area contributed by atoms with Crippen LogP contribution in [0, 0.1) is 0 Å². The van der Waals surface area contributed by atoms with Crippen molar-refractivity contribution in [3.8, 4) is 5.75 Å². The second-order valence-electron chi connectivity index (χ2n) is 5.21. The Morgan fingerprint density at radius 3 is 2.29 bits per heavy atom. The number of para-hydroxylation sites is 1. The van der Waals surface area contributed by atoms with Gasteiger partial charge >= 0.3 is 0 Å². The number of hydrogen-bond donors (Lipinski definition) is 1. The van der Waals surface area contributed by atoms with Crippen LogP contribution in [0.25, 0.3) is 0 Å². The molecule has 2 aromatic carbocycles. The lowest BCUT2D eigenvalue weighted by atomic mass is 10.0. The van der Waals surface area contributed by atoms with Crippen LogP contribution in [0.2, 0.25) is 0 Å². The van der Waals surface area contributed by atoms with Gasteiger partial charge in [0.1, 0.15) is 12.4 Å². The van der Waals surface area contributed by atoms with Crippen LogP contribution in [-0.4, -0.2) is 13.7 Å². The molecular formula is C19H25NO. The minimum absolute atomic E-state index is 0.209. The molecule has 0 heterocycles. The molecule has 0 radical (unpaired) electrons. The topological polar surface area (TPSA) is 21.3 Å². The van der Waals surface area contributed by atoms with Gasteiger partial charge in [-0.15, -0.1) is 0 Å². The van der Waals surface area contributed by atoms with Gasteiger partial charge in [0.15, 0.2) is 0 Å². The van der Waals surface area contributed by atoms with Crippen molar-refractivity contribution in [1.29, 1.82) is 0 Å². The number of likely N-dealkylation sites (N-methyl/N-ethyl adjacent to an activating group) is 1. The number of hydrogen-bond acceptors (Lipinski definition) is 2. The highest BCUT2D eigenvalue weighted by Gasteiger charge is 2.11. The monoisotopic (exact) mass is 283 g/mol. The van der Waals surface area contributed by atoms with E-state index in [-0.39, 0.29) is 6.04 Å².